The van der Waals surface area contributed by atoms with Gasteiger partial charge in [0.25, 0.3) is 0 Å². The standard InChI is InChI=1S/C6H10N2/c1-5(7)6-3-4-8(6)2/h3-4,6-7H,1-2H3. The summed E-state index contributed by atoms with van der Waals surface area (Å²) in [7, 11) is 1.97. The van der Waals surface area contributed by atoms with Gasteiger partial charge in [-0.15, -0.1) is 0 Å². The molecule has 0 aromatic rings. The second-order valence-corrected chi connectivity index (χ2v) is 2.13. The first-order valence-corrected chi connectivity index (χ1v) is 2.67. The summed E-state index contributed by atoms with van der Waals surface area (Å²) in [6.07, 6.45) is 3.99. The maximum Gasteiger partial charge on any atom is 0.0856 e. The van der Waals surface area contributed by atoms with Crippen LogP contribution in [0.15, 0.2) is 12.3 Å². The highest BCUT2D eigenvalue weighted by atomic mass is 15.1. The van der Waals surface area contributed by atoms with Crippen molar-refractivity contribution in [3.05, 3.63) is 12.3 Å². The summed E-state index contributed by atoms with van der Waals surface area (Å²) in [6.45, 7) is 1.82. The number of hydrogen-bond acceptors (Lipinski definition) is 2. The summed E-state index contributed by atoms with van der Waals surface area (Å²) in [5, 5.41) is 7.19. The predicted molar refractivity (Wildman–Crippen MR) is 34.1 cm³/mol. The summed E-state index contributed by atoms with van der Waals surface area (Å²) in [5.41, 5.74) is 0.718. The molecule has 1 rings (SSSR count). The highest BCUT2D eigenvalue weighted by Crippen LogP contribution is 2.09. The third-order valence-electron chi connectivity index (χ3n) is 1.39. The van der Waals surface area contributed by atoms with E-state index in [0.29, 0.717) is 0 Å². The minimum Gasteiger partial charge on any atom is -0.369 e. The SMILES string of the molecule is CC(=N)C1C=CN1C. The van der Waals surface area contributed by atoms with Gasteiger partial charge in [-0.1, -0.05) is 0 Å². The van der Waals surface area contributed by atoms with Crippen LogP contribution in [0.25, 0.3) is 0 Å². The minimum atomic E-state index is 0.287. The molecule has 1 aliphatic rings. The van der Waals surface area contributed by atoms with Crippen molar-refractivity contribution in [2.45, 2.75) is 13.0 Å². The van der Waals surface area contributed by atoms with E-state index in [1.807, 2.05) is 31.1 Å². The van der Waals surface area contributed by atoms with Gasteiger partial charge in [0.2, 0.25) is 0 Å². The molecular formula is C6H10N2. The Bertz CT molecular complexity index is 137. The zero-order valence-electron chi connectivity index (χ0n) is 5.18. The van der Waals surface area contributed by atoms with Crippen LogP contribution in [0.3, 0.4) is 0 Å². The Hall–Kier alpha value is -0.790. The number of rotatable bonds is 1. The van der Waals surface area contributed by atoms with Gasteiger partial charge in [0, 0.05) is 12.8 Å². The molecule has 1 unspecified atom stereocenters. The molecule has 2 nitrogen and oxygen atoms in total. The Morgan fingerprint density at radius 1 is 1.75 bits per heavy atom. The Kier molecular flexibility index (Phi) is 1.08. The number of nitrogens with zero attached hydrogens (tertiary/aromatic N) is 1. The van der Waals surface area contributed by atoms with Gasteiger partial charge in [-0.25, -0.2) is 0 Å². The summed E-state index contributed by atoms with van der Waals surface area (Å²) < 4.78 is 0. The monoisotopic (exact) mass is 110 g/mol. The molecule has 1 N–H and O–H groups in total. The fourth-order valence-corrected chi connectivity index (χ4v) is 0.794. The predicted octanol–water partition coefficient (Wildman–Crippen LogP) is 0.854. The molecule has 0 amide bonds. The third-order valence-corrected chi connectivity index (χ3v) is 1.39. The van der Waals surface area contributed by atoms with E-state index in [1.54, 1.807) is 0 Å². The summed E-state index contributed by atoms with van der Waals surface area (Å²) in [4.78, 5) is 2.02. The van der Waals surface area contributed by atoms with Gasteiger partial charge in [0.05, 0.1) is 6.04 Å². The number of likely N-dealkylation sites (N-methyl/N-ethyl adjacent to an activating group) is 1. The van der Waals surface area contributed by atoms with Crippen molar-refractivity contribution in [1.82, 2.24) is 4.90 Å². The second kappa shape index (κ2) is 1.62. The van der Waals surface area contributed by atoms with Crippen LogP contribution in [-0.4, -0.2) is 23.7 Å². The molecule has 1 aliphatic heterocycles. The maximum atomic E-state index is 7.19. The highest BCUT2D eigenvalue weighted by Gasteiger charge is 2.16. The smallest absolute Gasteiger partial charge is 0.0856 e. The fraction of sp³-hybridized carbons (Fsp3) is 0.500. The topological polar surface area (TPSA) is 27.1 Å². The van der Waals surface area contributed by atoms with Gasteiger partial charge >= 0.3 is 0 Å². The minimum absolute atomic E-state index is 0.287. The lowest BCUT2D eigenvalue weighted by Gasteiger charge is -2.30. The van der Waals surface area contributed by atoms with Crippen LogP contribution < -0.4 is 0 Å². The largest absolute Gasteiger partial charge is 0.369 e. The molecule has 0 aliphatic carbocycles. The van der Waals surface area contributed by atoms with Gasteiger partial charge in [-0.05, 0) is 19.2 Å². The molecule has 1 atom stereocenters. The molecule has 0 spiro atoms. The lowest BCUT2D eigenvalue weighted by molar-refractivity contribution is 0.403. The van der Waals surface area contributed by atoms with Crippen LogP contribution in [0.2, 0.25) is 0 Å². The summed E-state index contributed by atoms with van der Waals surface area (Å²) in [5.74, 6) is 0. The molecule has 0 saturated carbocycles. The van der Waals surface area contributed by atoms with E-state index in [2.05, 4.69) is 0 Å². The third kappa shape index (κ3) is 0.619. The molecule has 0 radical (unpaired) electrons. The van der Waals surface area contributed by atoms with Crippen LogP contribution in [0.1, 0.15) is 6.92 Å². The van der Waals surface area contributed by atoms with Crippen molar-refractivity contribution < 1.29 is 0 Å². The summed E-state index contributed by atoms with van der Waals surface area (Å²) in [6, 6.07) is 0.287. The molecule has 0 aromatic carbocycles. The molecule has 0 saturated heterocycles. The average Bonchev–Trinajstić information content (AvgIpc) is 1.61. The van der Waals surface area contributed by atoms with E-state index in [9.17, 15) is 0 Å². The van der Waals surface area contributed by atoms with Crippen LogP contribution in [0.5, 0.6) is 0 Å². The Morgan fingerprint density at radius 3 is 2.38 bits per heavy atom. The van der Waals surface area contributed by atoms with E-state index in [-0.39, 0.29) is 6.04 Å². The Balaban J connectivity index is 2.53. The molecule has 0 aromatic heterocycles. The maximum absolute atomic E-state index is 7.19. The van der Waals surface area contributed by atoms with Crippen LogP contribution in [0, 0.1) is 5.41 Å². The number of nitrogens with one attached hydrogen (secondary N) is 1. The van der Waals surface area contributed by atoms with Crippen molar-refractivity contribution >= 4 is 5.71 Å². The lowest BCUT2D eigenvalue weighted by Crippen LogP contribution is -2.37. The molecular weight excluding hydrogens is 100 g/mol. The van der Waals surface area contributed by atoms with Gasteiger partial charge in [-0.3, -0.25) is 0 Å². The fourth-order valence-electron chi connectivity index (χ4n) is 0.794. The second-order valence-electron chi connectivity index (χ2n) is 2.13. The Morgan fingerprint density at radius 2 is 2.38 bits per heavy atom. The lowest BCUT2D eigenvalue weighted by atomic mass is 10.1. The van der Waals surface area contributed by atoms with Gasteiger partial charge < -0.3 is 10.3 Å². The highest BCUT2D eigenvalue weighted by molar-refractivity contribution is 5.87. The van der Waals surface area contributed by atoms with E-state index in [1.165, 1.54) is 0 Å². The summed E-state index contributed by atoms with van der Waals surface area (Å²) >= 11 is 0. The normalized spacial score (nSPS) is 25.2. The van der Waals surface area contributed by atoms with E-state index >= 15 is 0 Å². The van der Waals surface area contributed by atoms with Gasteiger partial charge in [0.15, 0.2) is 0 Å². The van der Waals surface area contributed by atoms with Crippen molar-refractivity contribution in [3.63, 3.8) is 0 Å². The number of hydrogen-bond donors (Lipinski definition) is 1. The molecule has 44 valence electrons. The Labute approximate surface area is 49.3 Å². The van der Waals surface area contributed by atoms with E-state index < -0.39 is 0 Å². The first kappa shape index (κ1) is 5.35. The zero-order valence-corrected chi connectivity index (χ0v) is 5.18. The molecule has 1 heterocycles. The first-order valence-electron chi connectivity index (χ1n) is 2.67. The quantitative estimate of drug-likeness (QED) is 0.498. The zero-order chi connectivity index (χ0) is 6.15. The van der Waals surface area contributed by atoms with Crippen molar-refractivity contribution in [1.29, 1.82) is 5.41 Å². The molecule has 2 heteroatoms. The van der Waals surface area contributed by atoms with Crippen LogP contribution in [-0.2, 0) is 0 Å². The average molecular weight is 110 g/mol. The van der Waals surface area contributed by atoms with Crippen LogP contribution >= 0.6 is 0 Å². The van der Waals surface area contributed by atoms with Crippen molar-refractivity contribution in [3.8, 4) is 0 Å². The van der Waals surface area contributed by atoms with Gasteiger partial charge in [0.1, 0.15) is 0 Å². The first-order chi connectivity index (χ1) is 3.72. The van der Waals surface area contributed by atoms with Crippen molar-refractivity contribution in [2.24, 2.45) is 0 Å². The van der Waals surface area contributed by atoms with Crippen molar-refractivity contribution in [2.75, 3.05) is 7.05 Å². The van der Waals surface area contributed by atoms with Crippen LogP contribution in [0.4, 0.5) is 0 Å². The molecule has 8 heavy (non-hydrogen) atoms. The van der Waals surface area contributed by atoms with E-state index in [4.69, 9.17) is 5.41 Å². The van der Waals surface area contributed by atoms with Gasteiger partial charge in [-0.2, -0.15) is 0 Å². The molecule has 0 fully saturated rings. The van der Waals surface area contributed by atoms with E-state index in [0.717, 1.165) is 5.71 Å². The molecule has 0 bridgehead atoms.